The van der Waals surface area contributed by atoms with Crippen molar-refractivity contribution in [1.29, 1.82) is 0 Å². The van der Waals surface area contributed by atoms with Gasteiger partial charge >= 0.3 is 0 Å². The molecule has 4 heteroatoms. The van der Waals surface area contributed by atoms with Crippen LogP contribution in [-0.2, 0) is 6.42 Å². The lowest BCUT2D eigenvalue weighted by atomic mass is 10.1. The van der Waals surface area contributed by atoms with Gasteiger partial charge in [0.1, 0.15) is 5.75 Å². The highest BCUT2D eigenvalue weighted by Crippen LogP contribution is 2.28. The lowest BCUT2D eigenvalue weighted by molar-refractivity contribution is 0.310. The summed E-state index contributed by atoms with van der Waals surface area (Å²) in [6, 6.07) is 13.9. The number of benzene rings is 2. The van der Waals surface area contributed by atoms with Crippen LogP contribution in [-0.4, -0.2) is 20.8 Å². The normalized spacial score (nSPS) is 10.2. The summed E-state index contributed by atoms with van der Waals surface area (Å²) in [7, 11) is 3.29. The number of methoxy groups -OCH3 is 2. The third kappa shape index (κ3) is 4.67. The highest BCUT2D eigenvalue weighted by Gasteiger charge is 2.04. The van der Waals surface area contributed by atoms with Gasteiger partial charge in [0, 0.05) is 4.47 Å². The zero-order valence-electron chi connectivity index (χ0n) is 12.3. The Hall–Kier alpha value is -1.68. The van der Waals surface area contributed by atoms with Gasteiger partial charge in [0.2, 0.25) is 0 Å². The van der Waals surface area contributed by atoms with E-state index in [-0.39, 0.29) is 0 Å². The molecule has 3 nitrogen and oxygen atoms in total. The first-order valence-electron chi connectivity index (χ1n) is 6.82. The Morgan fingerprint density at radius 1 is 0.905 bits per heavy atom. The van der Waals surface area contributed by atoms with Gasteiger partial charge in [0.25, 0.3) is 0 Å². The van der Waals surface area contributed by atoms with E-state index in [2.05, 4.69) is 22.0 Å². The summed E-state index contributed by atoms with van der Waals surface area (Å²) < 4.78 is 17.3. The monoisotopic (exact) mass is 350 g/mol. The topological polar surface area (TPSA) is 27.7 Å². The molecule has 0 saturated carbocycles. The van der Waals surface area contributed by atoms with Crippen LogP contribution in [0.1, 0.15) is 12.0 Å². The van der Waals surface area contributed by atoms with Gasteiger partial charge in [-0.3, -0.25) is 0 Å². The molecule has 0 spiro atoms. The molecule has 0 fully saturated rings. The van der Waals surface area contributed by atoms with Crippen molar-refractivity contribution < 1.29 is 14.2 Å². The summed E-state index contributed by atoms with van der Waals surface area (Å²) in [6.45, 7) is 0.690. The van der Waals surface area contributed by atoms with Crippen LogP contribution in [0.2, 0.25) is 0 Å². The minimum absolute atomic E-state index is 0.690. The zero-order valence-corrected chi connectivity index (χ0v) is 13.9. The molecule has 21 heavy (non-hydrogen) atoms. The van der Waals surface area contributed by atoms with E-state index in [0.717, 1.165) is 34.6 Å². The first kappa shape index (κ1) is 15.7. The van der Waals surface area contributed by atoms with E-state index in [9.17, 15) is 0 Å². The maximum atomic E-state index is 5.71. The predicted octanol–water partition coefficient (Wildman–Crippen LogP) is 4.48. The molecule has 0 bridgehead atoms. The Kier molecular flexibility index (Phi) is 5.93. The van der Waals surface area contributed by atoms with Crippen molar-refractivity contribution >= 4 is 15.9 Å². The molecule has 0 unspecified atom stereocenters. The van der Waals surface area contributed by atoms with E-state index in [1.54, 1.807) is 14.2 Å². The Morgan fingerprint density at radius 3 is 2.29 bits per heavy atom. The Bertz CT molecular complexity index is 567. The maximum Gasteiger partial charge on any atom is 0.160 e. The minimum Gasteiger partial charge on any atom is -0.494 e. The van der Waals surface area contributed by atoms with Crippen molar-refractivity contribution in [2.45, 2.75) is 12.8 Å². The van der Waals surface area contributed by atoms with Crippen LogP contribution in [0.5, 0.6) is 17.2 Å². The molecule has 0 saturated heterocycles. The lowest BCUT2D eigenvalue weighted by Gasteiger charge is -2.10. The van der Waals surface area contributed by atoms with Crippen molar-refractivity contribution in [3.05, 3.63) is 52.5 Å². The van der Waals surface area contributed by atoms with Gasteiger partial charge in [-0.15, -0.1) is 0 Å². The molecular formula is C17H19BrO3. The molecule has 2 aromatic rings. The van der Waals surface area contributed by atoms with Crippen molar-refractivity contribution in [3.63, 3.8) is 0 Å². The third-order valence-electron chi connectivity index (χ3n) is 3.14. The van der Waals surface area contributed by atoms with Gasteiger partial charge in [0.15, 0.2) is 11.5 Å². The Morgan fingerprint density at radius 2 is 1.62 bits per heavy atom. The van der Waals surface area contributed by atoms with Gasteiger partial charge in [-0.2, -0.15) is 0 Å². The van der Waals surface area contributed by atoms with Gasteiger partial charge in [-0.1, -0.05) is 22.0 Å². The number of halogens is 1. The molecule has 0 aromatic heterocycles. The van der Waals surface area contributed by atoms with Crippen LogP contribution in [0.3, 0.4) is 0 Å². The average molecular weight is 351 g/mol. The van der Waals surface area contributed by atoms with Crippen molar-refractivity contribution in [2.75, 3.05) is 20.8 Å². The number of ether oxygens (including phenoxy) is 3. The van der Waals surface area contributed by atoms with Crippen LogP contribution < -0.4 is 14.2 Å². The fourth-order valence-electron chi connectivity index (χ4n) is 2.03. The second kappa shape index (κ2) is 7.93. The summed E-state index contributed by atoms with van der Waals surface area (Å²) in [4.78, 5) is 0. The van der Waals surface area contributed by atoms with E-state index in [1.807, 2.05) is 36.4 Å². The van der Waals surface area contributed by atoms with Gasteiger partial charge in [-0.05, 0) is 54.8 Å². The van der Waals surface area contributed by atoms with Crippen molar-refractivity contribution in [1.82, 2.24) is 0 Å². The first-order valence-corrected chi connectivity index (χ1v) is 7.61. The molecule has 2 rings (SSSR count). The smallest absolute Gasteiger partial charge is 0.160 e. The largest absolute Gasteiger partial charge is 0.494 e. The average Bonchev–Trinajstić information content (AvgIpc) is 2.53. The summed E-state index contributed by atoms with van der Waals surface area (Å²) in [5, 5.41) is 0. The second-order valence-electron chi connectivity index (χ2n) is 4.60. The van der Waals surface area contributed by atoms with Gasteiger partial charge in [-0.25, -0.2) is 0 Å². The summed E-state index contributed by atoms with van der Waals surface area (Å²) in [5.41, 5.74) is 1.21. The molecule has 0 heterocycles. The molecule has 112 valence electrons. The van der Waals surface area contributed by atoms with E-state index in [4.69, 9.17) is 14.2 Å². The number of aryl methyl sites for hydroxylation is 1. The predicted molar refractivity (Wildman–Crippen MR) is 87.5 cm³/mol. The zero-order chi connectivity index (χ0) is 15.1. The molecule has 0 atom stereocenters. The molecule has 0 aliphatic heterocycles. The van der Waals surface area contributed by atoms with E-state index >= 15 is 0 Å². The molecule has 2 aromatic carbocycles. The maximum absolute atomic E-state index is 5.71. The van der Waals surface area contributed by atoms with Crippen LogP contribution in [0.25, 0.3) is 0 Å². The number of hydrogen-bond donors (Lipinski definition) is 0. The highest BCUT2D eigenvalue weighted by molar-refractivity contribution is 9.10. The molecule has 0 aliphatic carbocycles. The lowest BCUT2D eigenvalue weighted by Crippen LogP contribution is -2.00. The molecule has 0 aliphatic rings. The van der Waals surface area contributed by atoms with E-state index < -0.39 is 0 Å². The molecule has 0 N–H and O–H groups in total. The fraction of sp³-hybridized carbons (Fsp3) is 0.294. The highest BCUT2D eigenvalue weighted by atomic mass is 79.9. The minimum atomic E-state index is 0.690. The van der Waals surface area contributed by atoms with Crippen molar-refractivity contribution in [3.8, 4) is 17.2 Å². The SMILES string of the molecule is COc1ccc(CCCOc2ccc(Br)cc2)cc1OC. The van der Waals surface area contributed by atoms with Crippen LogP contribution >= 0.6 is 15.9 Å². The molecule has 0 radical (unpaired) electrons. The van der Waals surface area contributed by atoms with Crippen molar-refractivity contribution in [2.24, 2.45) is 0 Å². The van der Waals surface area contributed by atoms with Gasteiger partial charge < -0.3 is 14.2 Å². The second-order valence-corrected chi connectivity index (χ2v) is 5.51. The number of rotatable bonds is 7. The third-order valence-corrected chi connectivity index (χ3v) is 3.67. The summed E-state index contributed by atoms with van der Waals surface area (Å²) in [5.74, 6) is 2.42. The quantitative estimate of drug-likeness (QED) is 0.689. The van der Waals surface area contributed by atoms with Gasteiger partial charge in [0.05, 0.1) is 20.8 Å². The number of hydrogen-bond acceptors (Lipinski definition) is 3. The summed E-state index contributed by atoms with van der Waals surface area (Å²) >= 11 is 3.41. The fourth-order valence-corrected chi connectivity index (χ4v) is 2.30. The standard InChI is InChI=1S/C17H19BrO3/c1-19-16-10-5-13(12-17(16)20-2)4-3-11-21-15-8-6-14(18)7-9-15/h5-10,12H,3-4,11H2,1-2H3. The van der Waals surface area contributed by atoms with Crippen LogP contribution in [0.15, 0.2) is 46.9 Å². The molecule has 0 amide bonds. The summed E-state index contributed by atoms with van der Waals surface area (Å²) in [6.07, 6.45) is 1.89. The molecular weight excluding hydrogens is 332 g/mol. The van der Waals surface area contributed by atoms with E-state index in [1.165, 1.54) is 5.56 Å². The first-order chi connectivity index (χ1) is 10.2. The van der Waals surface area contributed by atoms with Crippen LogP contribution in [0.4, 0.5) is 0 Å². The van der Waals surface area contributed by atoms with E-state index in [0.29, 0.717) is 6.61 Å². The Balaban J connectivity index is 1.82. The Labute approximate surface area is 134 Å². The van der Waals surface area contributed by atoms with Crippen LogP contribution in [0, 0.1) is 0 Å².